The molecule has 0 radical (unpaired) electrons. The van der Waals surface area contributed by atoms with Gasteiger partial charge in [-0.2, -0.15) is 0 Å². The van der Waals surface area contributed by atoms with E-state index in [4.69, 9.17) is 0 Å². The van der Waals surface area contributed by atoms with Gasteiger partial charge in [0.2, 0.25) is 0 Å². The van der Waals surface area contributed by atoms with E-state index in [1.54, 1.807) is 11.1 Å². The Morgan fingerprint density at radius 2 is 2.27 bits per heavy atom. The zero-order valence-electron chi connectivity index (χ0n) is 9.84. The number of fused-ring (bicyclic) bond motifs is 1. The number of hydrogen-bond donors (Lipinski definition) is 0. The van der Waals surface area contributed by atoms with Gasteiger partial charge < -0.3 is 0 Å². The van der Waals surface area contributed by atoms with E-state index in [9.17, 15) is 0 Å². The standard InChI is InChI=1S/C15H20/c1-4-11(2)13-8-9-15-12(3)6-5-7-14(15)10-13/h8-10,12H,2,4-7H2,1,3H3. The van der Waals surface area contributed by atoms with Crippen molar-refractivity contribution in [2.45, 2.75) is 45.4 Å². The topological polar surface area (TPSA) is 0 Å². The third kappa shape index (κ3) is 1.99. The molecule has 2 rings (SSSR count). The van der Waals surface area contributed by atoms with Crippen molar-refractivity contribution in [2.75, 3.05) is 0 Å². The van der Waals surface area contributed by atoms with Crippen LogP contribution in [0.2, 0.25) is 0 Å². The van der Waals surface area contributed by atoms with Gasteiger partial charge in [-0.05, 0) is 53.9 Å². The van der Waals surface area contributed by atoms with Crippen LogP contribution in [0.3, 0.4) is 0 Å². The van der Waals surface area contributed by atoms with Crippen molar-refractivity contribution in [2.24, 2.45) is 0 Å². The molecule has 1 aliphatic rings. The van der Waals surface area contributed by atoms with Crippen LogP contribution in [0.4, 0.5) is 0 Å². The molecule has 0 amide bonds. The van der Waals surface area contributed by atoms with E-state index in [0.29, 0.717) is 0 Å². The highest BCUT2D eigenvalue weighted by molar-refractivity contribution is 5.64. The predicted octanol–water partition coefficient (Wildman–Crippen LogP) is 4.55. The number of benzene rings is 1. The minimum atomic E-state index is 0.748. The monoisotopic (exact) mass is 200 g/mol. The van der Waals surface area contributed by atoms with Gasteiger partial charge in [-0.25, -0.2) is 0 Å². The lowest BCUT2D eigenvalue weighted by molar-refractivity contribution is 0.590. The van der Waals surface area contributed by atoms with Crippen LogP contribution in [0.5, 0.6) is 0 Å². The second-order valence-electron chi connectivity index (χ2n) is 4.66. The van der Waals surface area contributed by atoms with Crippen molar-refractivity contribution >= 4 is 5.57 Å². The third-order valence-corrected chi connectivity index (χ3v) is 3.59. The maximum Gasteiger partial charge on any atom is -0.0188 e. The number of hydrogen-bond acceptors (Lipinski definition) is 0. The molecule has 0 bridgehead atoms. The first-order chi connectivity index (χ1) is 7.22. The Morgan fingerprint density at radius 3 is 3.00 bits per heavy atom. The van der Waals surface area contributed by atoms with E-state index in [0.717, 1.165) is 12.3 Å². The average Bonchev–Trinajstić information content (AvgIpc) is 2.28. The summed E-state index contributed by atoms with van der Waals surface area (Å²) in [5, 5.41) is 0. The molecule has 1 unspecified atom stereocenters. The Hall–Kier alpha value is -1.04. The molecule has 0 saturated heterocycles. The van der Waals surface area contributed by atoms with Gasteiger partial charge >= 0.3 is 0 Å². The lowest BCUT2D eigenvalue weighted by Gasteiger charge is -2.23. The molecular weight excluding hydrogens is 180 g/mol. The predicted molar refractivity (Wildman–Crippen MR) is 67.1 cm³/mol. The van der Waals surface area contributed by atoms with Crippen LogP contribution in [0.25, 0.3) is 5.57 Å². The molecule has 1 aromatic rings. The molecule has 0 heteroatoms. The summed E-state index contributed by atoms with van der Waals surface area (Å²) in [4.78, 5) is 0. The fourth-order valence-corrected chi connectivity index (χ4v) is 2.48. The molecule has 1 aliphatic carbocycles. The second kappa shape index (κ2) is 4.22. The van der Waals surface area contributed by atoms with E-state index in [1.165, 1.54) is 30.4 Å². The van der Waals surface area contributed by atoms with Gasteiger partial charge in [0.05, 0.1) is 0 Å². The molecule has 0 fully saturated rings. The first-order valence-corrected chi connectivity index (χ1v) is 6.03. The molecule has 0 aliphatic heterocycles. The number of allylic oxidation sites excluding steroid dienone is 1. The van der Waals surface area contributed by atoms with Crippen molar-refractivity contribution in [3.05, 3.63) is 41.5 Å². The maximum atomic E-state index is 4.11. The molecule has 0 saturated carbocycles. The SMILES string of the molecule is C=C(CC)c1ccc2c(c1)CCCC2C. The molecule has 15 heavy (non-hydrogen) atoms. The van der Waals surface area contributed by atoms with Crippen molar-refractivity contribution in [1.82, 2.24) is 0 Å². The molecule has 0 heterocycles. The van der Waals surface area contributed by atoms with Crippen molar-refractivity contribution in [3.63, 3.8) is 0 Å². The highest BCUT2D eigenvalue weighted by atomic mass is 14.2. The smallest absolute Gasteiger partial charge is 0.0188 e. The summed E-state index contributed by atoms with van der Waals surface area (Å²) < 4.78 is 0. The highest BCUT2D eigenvalue weighted by Crippen LogP contribution is 2.32. The van der Waals surface area contributed by atoms with Gasteiger partial charge in [-0.3, -0.25) is 0 Å². The van der Waals surface area contributed by atoms with Crippen molar-refractivity contribution in [3.8, 4) is 0 Å². The zero-order valence-corrected chi connectivity index (χ0v) is 9.84. The lowest BCUT2D eigenvalue weighted by Crippen LogP contribution is -2.07. The molecule has 0 N–H and O–H groups in total. The first-order valence-electron chi connectivity index (χ1n) is 6.03. The van der Waals surface area contributed by atoms with Crippen LogP contribution in [-0.2, 0) is 6.42 Å². The van der Waals surface area contributed by atoms with Crippen LogP contribution < -0.4 is 0 Å². The zero-order chi connectivity index (χ0) is 10.8. The van der Waals surface area contributed by atoms with Gasteiger partial charge in [0, 0.05) is 0 Å². The van der Waals surface area contributed by atoms with E-state index >= 15 is 0 Å². The van der Waals surface area contributed by atoms with Gasteiger partial charge in [0.25, 0.3) is 0 Å². The van der Waals surface area contributed by atoms with Crippen LogP contribution in [0.1, 0.15) is 55.7 Å². The summed E-state index contributed by atoms with van der Waals surface area (Å²) >= 11 is 0. The van der Waals surface area contributed by atoms with Gasteiger partial charge in [-0.1, -0.05) is 38.6 Å². The van der Waals surface area contributed by atoms with E-state index in [1.807, 2.05) is 0 Å². The molecule has 0 aromatic heterocycles. The lowest BCUT2D eigenvalue weighted by atomic mass is 9.82. The average molecular weight is 200 g/mol. The Bertz CT molecular complexity index is 374. The minimum absolute atomic E-state index is 0.748. The van der Waals surface area contributed by atoms with Crippen molar-refractivity contribution < 1.29 is 0 Å². The summed E-state index contributed by atoms with van der Waals surface area (Å²) in [5.41, 5.74) is 5.72. The van der Waals surface area contributed by atoms with Gasteiger partial charge in [-0.15, -0.1) is 0 Å². The fraction of sp³-hybridized carbons (Fsp3) is 0.467. The summed E-state index contributed by atoms with van der Waals surface area (Å²) in [6.07, 6.45) is 5.00. The van der Waals surface area contributed by atoms with E-state index in [-0.39, 0.29) is 0 Å². The number of aryl methyl sites for hydroxylation is 1. The first kappa shape index (κ1) is 10.5. The Morgan fingerprint density at radius 1 is 1.47 bits per heavy atom. The molecule has 80 valence electrons. The maximum absolute atomic E-state index is 4.11. The Labute approximate surface area is 93.0 Å². The van der Waals surface area contributed by atoms with E-state index in [2.05, 4.69) is 38.6 Å². The van der Waals surface area contributed by atoms with Crippen LogP contribution in [0, 0.1) is 0 Å². The Balaban J connectivity index is 2.37. The second-order valence-corrected chi connectivity index (χ2v) is 4.66. The van der Waals surface area contributed by atoms with Crippen LogP contribution >= 0.6 is 0 Å². The number of rotatable bonds is 2. The summed E-state index contributed by atoms with van der Waals surface area (Å²) in [7, 11) is 0. The van der Waals surface area contributed by atoms with E-state index < -0.39 is 0 Å². The summed E-state index contributed by atoms with van der Waals surface area (Å²) in [6.45, 7) is 8.62. The molecule has 1 aromatic carbocycles. The molecule has 0 nitrogen and oxygen atoms in total. The normalized spacial score (nSPS) is 19.7. The minimum Gasteiger partial charge on any atom is -0.0952 e. The third-order valence-electron chi connectivity index (χ3n) is 3.59. The summed E-state index contributed by atoms with van der Waals surface area (Å²) in [6, 6.07) is 6.92. The summed E-state index contributed by atoms with van der Waals surface area (Å²) in [5.74, 6) is 0.748. The fourth-order valence-electron chi connectivity index (χ4n) is 2.48. The molecule has 0 spiro atoms. The highest BCUT2D eigenvalue weighted by Gasteiger charge is 2.16. The molecular formula is C15H20. The van der Waals surface area contributed by atoms with Gasteiger partial charge in [0.15, 0.2) is 0 Å². The quantitative estimate of drug-likeness (QED) is 0.657. The van der Waals surface area contributed by atoms with Crippen molar-refractivity contribution in [1.29, 1.82) is 0 Å². The molecule has 1 atom stereocenters. The van der Waals surface area contributed by atoms with Crippen LogP contribution in [-0.4, -0.2) is 0 Å². The van der Waals surface area contributed by atoms with Crippen LogP contribution in [0.15, 0.2) is 24.8 Å². The Kier molecular flexibility index (Phi) is 2.95. The van der Waals surface area contributed by atoms with Gasteiger partial charge in [0.1, 0.15) is 0 Å². The largest absolute Gasteiger partial charge is 0.0952 e.